The summed E-state index contributed by atoms with van der Waals surface area (Å²) in [6.07, 6.45) is 0.937. The molecule has 0 amide bonds. The average molecular weight is 438 g/mol. The zero-order chi connectivity index (χ0) is 21.8. The van der Waals surface area contributed by atoms with Gasteiger partial charge in [0.05, 0.1) is 18.1 Å². The van der Waals surface area contributed by atoms with Crippen molar-refractivity contribution in [2.45, 2.75) is 26.5 Å². The molecule has 0 aliphatic rings. The fourth-order valence-electron chi connectivity index (χ4n) is 2.73. The Morgan fingerprint density at radius 1 is 1.07 bits per heavy atom. The fraction of sp³-hybridized carbons (Fsp3) is 0.429. The predicted molar refractivity (Wildman–Crippen MR) is 116 cm³/mol. The Bertz CT molecular complexity index is 802. The zero-order valence-corrected chi connectivity index (χ0v) is 17.8. The van der Waals surface area contributed by atoms with Gasteiger partial charge in [0, 0.05) is 36.3 Å². The molecule has 0 saturated carbocycles. The minimum Gasteiger partial charge on any atom is -0.490 e. The first kappa shape index (κ1) is 23.9. The Morgan fingerprint density at radius 3 is 2.43 bits per heavy atom. The molecule has 0 atom stereocenters. The highest BCUT2D eigenvalue weighted by Crippen LogP contribution is 2.34. The highest BCUT2D eigenvalue weighted by atomic mass is 35.5. The molecule has 0 radical (unpaired) electrons. The van der Waals surface area contributed by atoms with Gasteiger partial charge in [-0.15, -0.1) is 0 Å². The van der Waals surface area contributed by atoms with E-state index in [4.69, 9.17) is 26.2 Å². The molecule has 0 aliphatic carbocycles. The summed E-state index contributed by atoms with van der Waals surface area (Å²) < 4.78 is 11.6. The van der Waals surface area contributed by atoms with Crippen LogP contribution in [0.25, 0.3) is 0 Å². The summed E-state index contributed by atoms with van der Waals surface area (Å²) in [5, 5.41) is 26.5. The number of nitrogens with one attached hydrogen (secondary N) is 2. The number of halogens is 1. The summed E-state index contributed by atoms with van der Waals surface area (Å²) >= 11 is 6.43. The van der Waals surface area contributed by atoms with Crippen molar-refractivity contribution in [3.05, 3.63) is 62.7 Å². The van der Waals surface area contributed by atoms with E-state index in [9.17, 15) is 10.1 Å². The molecule has 2 rings (SSSR count). The lowest BCUT2D eigenvalue weighted by molar-refractivity contribution is -0.384. The van der Waals surface area contributed by atoms with Gasteiger partial charge in [-0.3, -0.25) is 10.1 Å². The van der Waals surface area contributed by atoms with Crippen LogP contribution in [0, 0.1) is 10.1 Å². The third-order valence-corrected chi connectivity index (χ3v) is 4.62. The van der Waals surface area contributed by atoms with Crippen LogP contribution < -0.4 is 20.1 Å². The van der Waals surface area contributed by atoms with E-state index in [-0.39, 0.29) is 18.9 Å². The van der Waals surface area contributed by atoms with Crippen molar-refractivity contribution in [2.75, 3.05) is 32.8 Å². The van der Waals surface area contributed by atoms with Crippen LogP contribution >= 0.6 is 11.6 Å². The van der Waals surface area contributed by atoms with E-state index in [2.05, 4.69) is 10.6 Å². The lowest BCUT2D eigenvalue weighted by Gasteiger charge is -2.15. The van der Waals surface area contributed by atoms with Crippen molar-refractivity contribution in [1.82, 2.24) is 10.6 Å². The van der Waals surface area contributed by atoms with Gasteiger partial charge in [0.2, 0.25) is 0 Å². The molecule has 0 aliphatic heterocycles. The van der Waals surface area contributed by atoms with Crippen molar-refractivity contribution < 1.29 is 19.5 Å². The second-order valence-electron chi connectivity index (χ2n) is 6.54. The van der Waals surface area contributed by atoms with E-state index in [0.717, 1.165) is 30.6 Å². The largest absolute Gasteiger partial charge is 0.490 e. The first-order chi connectivity index (χ1) is 14.5. The highest BCUT2D eigenvalue weighted by molar-refractivity contribution is 6.31. The average Bonchev–Trinajstić information content (AvgIpc) is 2.74. The maximum atomic E-state index is 10.8. The minimum atomic E-state index is -0.435. The SMILES string of the molecule is CCOc1cc(CNCCCNCCO)c(Cl)cc1OCc1ccc([N+](=O)[O-])cc1. The molecule has 30 heavy (non-hydrogen) atoms. The van der Waals surface area contributed by atoms with Gasteiger partial charge in [0.1, 0.15) is 6.61 Å². The monoisotopic (exact) mass is 437 g/mol. The Labute approximate surface area is 181 Å². The third-order valence-electron chi connectivity index (χ3n) is 4.27. The second kappa shape index (κ2) is 13.0. The molecule has 0 saturated heterocycles. The smallest absolute Gasteiger partial charge is 0.269 e. The number of non-ortho nitro benzene ring substituents is 1. The molecule has 3 N–H and O–H groups in total. The number of nitro groups is 1. The molecular formula is C21H28ClN3O5. The number of nitro benzene ring substituents is 1. The lowest BCUT2D eigenvalue weighted by Crippen LogP contribution is -2.24. The third kappa shape index (κ3) is 7.79. The van der Waals surface area contributed by atoms with Gasteiger partial charge in [-0.1, -0.05) is 11.6 Å². The number of nitrogens with zero attached hydrogens (tertiary/aromatic N) is 1. The zero-order valence-electron chi connectivity index (χ0n) is 17.0. The van der Waals surface area contributed by atoms with Crippen LogP contribution in [-0.4, -0.2) is 42.9 Å². The van der Waals surface area contributed by atoms with Crippen LogP contribution in [0.3, 0.4) is 0 Å². The van der Waals surface area contributed by atoms with Crippen molar-refractivity contribution in [1.29, 1.82) is 0 Å². The molecule has 164 valence electrons. The summed E-state index contributed by atoms with van der Waals surface area (Å²) in [5.41, 5.74) is 1.75. The van der Waals surface area contributed by atoms with E-state index >= 15 is 0 Å². The van der Waals surface area contributed by atoms with Gasteiger partial charge in [-0.2, -0.15) is 0 Å². The maximum Gasteiger partial charge on any atom is 0.269 e. The fourth-order valence-corrected chi connectivity index (χ4v) is 2.95. The molecule has 0 fully saturated rings. The molecule has 2 aromatic rings. The topological polar surface area (TPSA) is 106 Å². The van der Waals surface area contributed by atoms with Crippen LogP contribution in [0.4, 0.5) is 5.69 Å². The first-order valence-electron chi connectivity index (χ1n) is 9.88. The second-order valence-corrected chi connectivity index (χ2v) is 6.95. The van der Waals surface area contributed by atoms with Crippen LogP contribution in [0.2, 0.25) is 5.02 Å². The van der Waals surface area contributed by atoms with Crippen molar-refractivity contribution in [2.24, 2.45) is 0 Å². The predicted octanol–water partition coefficient (Wildman–Crippen LogP) is 3.29. The molecule has 0 unspecified atom stereocenters. The number of aliphatic hydroxyl groups excluding tert-OH is 1. The summed E-state index contributed by atoms with van der Waals surface area (Å²) in [6.45, 7) is 5.62. The van der Waals surface area contributed by atoms with E-state index in [1.165, 1.54) is 12.1 Å². The molecule has 0 heterocycles. The number of aliphatic hydroxyl groups is 1. The number of hydrogen-bond acceptors (Lipinski definition) is 7. The van der Waals surface area contributed by atoms with E-state index < -0.39 is 4.92 Å². The molecule has 2 aromatic carbocycles. The summed E-state index contributed by atoms with van der Waals surface area (Å²) in [4.78, 5) is 10.3. The highest BCUT2D eigenvalue weighted by Gasteiger charge is 2.12. The van der Waals surface area contributed by atoms with Crippen LogP contribution in [0.15, 0.2) is 36.4 Å². The number of hydrogen-bond donors (Lipinski definition) is 3. The van der Waals surface area contributed by atoms with Gasteiger partial charge in [0.15, 0.2) is 11.5 Å². The lowest BCUT2D eigenvalue weighted by atomic mass is 10.2. The van der Waals surface area contributed by atoms with Gasteiger partial charge in [-0.05, 0) is 55.8 Å². The van der Waals surface area contributed by atoms with Gasteiger partial charge in [-0.25, -0.2) is 0 Å². The molecule has 0 spiro atoms. The standard InChI is InChI=1S/C21H28ClN3O5/c1-2-29-20-12-17(14-24-9-3-8-23-10-11-26)19(22)13-21(20)30-15-16-4-6-18(7-5-16)25(27)28/h4-7,12-13,23-24,26H,2-3,8-11,14-15H2,1H3. The molecule has 9 heteroatoms. The van der Waals surface area contributed by atoms with Crippen molar-refractivity contribution >= 4 is 17.3 Å². The molecule has 8 nitrogen and oxygen atoms in total. The van der Waals surface area contributed by atoms with Gasteiger partial charge >= 0.3 is 0 Å². The van der Waals surface area contributed by atoms with E-state index in [1.54, 1.807) is 18.2 Å². The normalized spacial score (nSPS) is 10.8. The Kier molecular flexibility index (Phi) is 10.4. The molecule has 0 aromatic heterocycles. The molecule has 0 bridgehead atoms. The van der Waals surface area contributed by atoms with Crippen molar-refractivity contribution in [3.63, 3.8) is 0 Å². The first-order valence-corrected chi connectivity index (χ1v) is 10.3. The van der Waals surface area contributed by atoms with Crippen LogP contribution in [0.5, 0.6) is 11.5 Å². The Balaban J connectivity index is 1.95. The summed E-state index contributed by atoms with van der Waals surface area (Å²) in [6, 6.07) is 9.82. The van der Waals surface area contributed by atoms with Gasteiger partial charge < -0.3 is 25.2 Å². The van der Waals surface area contributed by atoms with Crippen LogP contribution in [0.1, 0.15) is 24.5 Å². The van der Waals surface area contributed by atoms with E-state index in [1.807, 2.05) is 13.0 Å². The Morgan fingerprint density at radius 2 is 1.77 bits per heavy atom. The van der Waals surface area contributed by atoms with Crippen molar-refractivity contribution in [3.8, 4) is 11.5 Å². The number of ether oxygens (including phenoxy) is 2. The number of benzene rings is 2. The summed E-state index contributed by atoms with van der Waals surface area (Å²) in [7, 11) is 0. The maximum absolute atomic E-state index is 10.8. The minimum absolute atomic E-state index is 0.0397. The summed E-state index contributed by atoms with van der Waals surface area (Å²) in [5.74, 6) is 1.13. The van der Waals surface area contributed by atoms with Crippen LogP contribution in [-0.2, 0) is 13.2 Å². The quantitative estimate of drug-likeness (QED) is 0.236. The molecular weight excluding hydrogens is 410 g/mol. The van der Waals surface area contributed by atoms with Gasteiger partial charge in [0.25, 0.3) is 5.69 Å². The van der Waals surface area contributed by atoms with E-state index in [0.29, 0.717) is 36.2 Å². The Hall–Kier alpha value is -2.39. The number of rotatable bonds is 14.